The number of aromatic amines is 1. The van der Waals surface area contributed by atoms with Crippen molar-refractivity contribution in [3.63, 3.8) is 0 Å². The highest BCUT2D eigenvalue weighted by Crippen LogP contribution is 2.22. The molecule has 0 radical (unpaired) electrons. The van der Waals surface area contributed by atoms with Gasteiger partial charge in [0.25, 0.3) is 11.8 Å². The molecule has 0 bridgehead atoms. The number of carbonyl (C=O) groups excluding carboxylic acids is 2. The SMILES string of the molecule is O=C(NC1CCN(C(=O)c2ccccc2F)CC1)c1n[nH]c2c1CCCC2. The lowest BCUT2D eigenvalue weighted by molar-refractivity contribution is 0.0693. The predicted octanol–water partition coefficient (Wildman–Crippen LogP) is 2.46. The Hall–Kier alpha value is -2.70. The second-order valence-electron chi connectivity index (χ2n) is 7.26. The number of amides is 2. The van der Waals surface area contributed by atoms with Crippen LogP contribution >= 0.6 is 0 Å². The number of carbonyl (C=O) groups is 2. The fourth-order valence-corrected chi connectivity index (χ4v) is 3.95. The molecule has 1 aromatic carbocycles. The molecule has 27 heavy (non-hydrogen) atoms. The van der Waals surface area contributed by atoms with Gasteiger partial charge in [-0.25, -0.2) is 4.39 Å². The molecule has 2 N–H and O–H groups in total. The van der Waals surface area contributed by atoms with Crippen LogP contribution in [0.3, 0.4) is 0 Å². The minimum Gasteiger partial charge on any atom is -0.348 e. The average molecular weight is 370 g/mol. The number of H-pyrrole nitrogens is 1. The molecule has 2 aromatic rings. The van der Waals surface area contributed by atoms with E-state index in [1.54, 1.807) is 17.0 Å². The fraction of sp³-hybridized carbons (Fsp3) is 0.450. The summed E-state index contributed by atoms with van der Waals surface area (Å²) in [4.78, 5) is 26.7. The standard InChI is InChI=1S/C20H23FN4O2/c21-16-7-3-1-5-14(16)20(27)25-11-9-13(10-12-25)22-19(26)18-15-6-2-4-8-17(15)23-24-18/h1,3,5,7,13H,2,4,6,8-12H2,(H,22,26)(H,23,24). The molecule has 4 rings (SSSR count). The lowest BCUT2D eigenvalue weighted by atomic mass is 9.95. The van der Waals surface area contributed by atoms with E-state index in [2.05, 4.69) is 15.5 Å². The second-order valence-corrected chi connectivity index (χ2v) is 7.26. The first-order valence-electron chi connectivity index (χ1n) is 9.54. The molecule has 2 amide bonds. The van der Waals surface area contributed by atoms with Crippen molar-refractivity contribution in [2.45, 2.75) is 44.6 Å². The van der Waals surface area contributed by atoms with E-state index in [1.807, 2.05) is 0 Å². The number of benzene rings is 1. The molecular formula is C20H23FN4O2. The number of nitrogens with one attached hydrogen (secondary N) is 2. The molecule has 142 valence electrons. The van der Waals surface area contributed by atoms with Gasteiger partial charge in [-0.15, -0.1) is 0 Å². The molecule has 0 unspecified atom stereocenters. The van der Waals surface area contributed by atoms with Gasteiger partial charge >= 0.3 is 0 Å². The van der Waals surface area contributed by atoms with E-state index in [4.69, 9.17) is 0 Å². The quantitative estimate of drug-likeness (QED) is 0.871. The lowest BCUT2D eigenvalue weighted by Crippen LogP contribution is -2.46. The molecular weight excluding hydrogens is 347 g/mol. The Labute approximate surface area is 157 Å². The van der Waals surface area contributed by atoms with Crippen molar-refractivity contribution in [2.75, 3.05) is 13.1 Å². The van der Waals surface area contributed by atoms with Gasteiger partial charge in [0.2, 0.25) is 0 Å². The Balaban J connectivity index is 1.34. The number of aromatic nitrogens is 2. The zero-order valence-electron chi connectivity index (χ0n) is 15.1. The molecule has 0 atom stereocenters. The van der Waals surface area contributed by atoms with E-state index < -0.39 is 5.82 Å². The summed E-state index contributed by atoms with van der Waals surface area (Å²) in [5.74, 6) is -0.936. The Bertz CT molecular complexity index is 855. The minimum absolute atomic E-state index is 0.00175. The molecule has 0 spiro atoms. The van der Waals surface area contributed by atoms with Crippen molar-refractivity contribution in [3.8, 4) is 0 Å². The predicted molar refractivity (Wildman–Crippen MR) is 98.0 cm³/mol. The second kappa shape index (κ2) is 7.50. The first-order chi connectivity index (χ1) is 13.1. The van der Waals surface area contributed by atoms with Gasteiger partial charge in [0.1, 0.15) is 5.82 Å². The molecule has 2 aliphatic rings. The topological polar surface area (TPSA) is 78.1 Å². The van der Waals surface area contributed by atoms with Gasteiger partial charge in [0, 0.05) is 30.4 Å². The zero-order valence-corrected chi connectivity index (χ0v) is 15.1. The zero-order chi connectivity index (χ0) is 18.8. The first-order valence-corrected chi connectivity index (χ1v) is 9.54. The lowest BCUT2D eigenvalue weighted by Gasteiger charge is -2.32. The molecule has 6 nitrogen and oxygen atoms in total. The number of likely N-dealkylation sites (tertiary alicyclic amines) is 1. The van der Waals surface area contributed by atoms with E-state index in [0.717, 1.165) is 36.9 Å². The third-order valence-electron chi connectivity index (χ3n) is 5.49. The summed E-state index contributed by atoms with van der Waals surface area (Å²) < 4.78 is 13.8. The van der Waals surface area contributed by atoms with E-state index in [9.17, 15) is 14.0 Å². The fourth-order valence-electron chi connectivity index (χ4n) is 3.95. The Morgan fingerprint density at radius 3 is 2.67 bits per heavy atom. The van der Waals surface area contributed by atoms with Crippen LogP contribution in [0.1, 0.15) is 57.8 Å². The van der Waals surface area contributed by atoms with Gasteiger partial charge in [-0.3, -0.25) is 14.7 Å². The summed E-state index contributed by atoms with van der Waals surface area (Å²) in [6.45, 7) is 0.994. The Kier molecular flexibility index (Phi) is 4.92. The summed E-state index contributed by atoms with van der Waals surface area (Å²) in [5, 5.41) is 10.3. The molecule has 2 heterocycles. The van der Waals surface area contributed by atoms with Crippen molar-refractivity contribution in [3.05, 3.63) is 52.6 Å². The van der Waals surface area contributed by atoms with Crippen molar-refractivity contribution >= 4 is 11.8 Å². The number of fused-ring (bicyclic) bond motifs is 1. The maximum Gasteiger partial charge on any atom is 0.272 e. The smallest absolute Gasteiger partial charge is 0.272 e. The van der Waals surface area contributed by atoms with Crippen LogP contribution in [0.5, 0.6) is 0 Å². The highest BCUT2D eigenvalue weighted by atomic mass is 19.1. The van der Waals surface area contributed by atoms with E-state index in [-0.39, 0.29) is 23.4 Å². The third kappa shape index (κ3) is 3.59. The average Bonchev–Trinajstić information content (AvgIpc) is 3.13. The van der Waals surface area contributed by atoms with E-state index >= 15 is 0 Å². The normalized spacial score (nSPS) is 17.4. The Morgan fingerprint density at radius 1 is 1.15 bits per heavy atom. The molecule has 1 aliphatic heterocycles. The van der Waals surface area contributed by atoms with Gasteiger partial charge < -0.3 is 10.2 Å². The van der Waals surface area contributed by atoms with Crippen LogP contribution in [0.25, 0.3) is 0 Å². The monoisotopic (exact) mass is 370 g/mol. The van der Waals surface area contributed by atoms with Crippen molar-refractivity contribution in [2.24, 2.45) is 0 Å². The van der Waals surface area contributed by atoms with E-state index in [0.29, 0.717) is 31.6 Å². The van der Waals surface area contributed by atoms with Crippen LogP contribution in [-0.2, 0) is 12.8 Å². The molecule has 1 aromatic heterocycles. The number of piperidine rings is 1. The molecule has 1 saturated heterocycles. The Morgan fingerprint density at radius 2 is 1.89 bits per heavy atom. The number of hydrogen-bond donors (Lipinski definition) is 2. The van der Waals surface area contributed by atoms with E-state index in [1.165, 1.54) is 12.1 Å². The molecule has 1 aliphatic carbocycles. The number of rotatable bonds is 3. The van der Waals surface area contributed by atoms with Crippen LogP contribution in [-0.4, -0.2) is 46.0 Å². The van der Waals surface area contributed by atoms with Gasteiger partial charge in [-0.05, 0) is 50.7 Å². The number of aryl methyl sites for hydroxylation is 1. The summed E-state index contributed by atoms with van der Waals surface area (Å²) in [6, 6.07) is 6.03. The number of nitrogens with zero attached hydrogens (tertiary/aromatic N) is 2. The van der Waals surface area contributed by atoms with Crippen molar-refractivity contribution in [1.82, 2.24) is 20.4 Å². The summed E-state index contributed by atoms with van der Waals surface area (Å²) >= 11 is 0. The minimum atomic E-state index is -0.499. The first kappa shape index (κ1) is 17.7. The maximum absolute atomic E-state index is 13.8. The molecule has 1 fully saturated rings. The van der Waals surface area contributed by atoms with Crippen LogP contribution in [0.2, 0.25) is 0 Å². The van der Waals surface area contributed by atoms with Gasteiger partial charge in [0.15, 0.2) is 5.69 Å². The van der Waals surface area contributed by atoms with Crippen molar-refractivity contribution in [1.29, 1.82) is 0 Å². The van der Waals surface area contributed by atoms with Crippen molar-refractivity contribution < 1.29 is 14.0 Å². The number of halogens is 1. The van der Waals surface area contributed by atoms with Crippen LogP contribution in [0, 0.1) is 5.82 Å². The third-order valence-corrected chi connectivity index (χ3v) is 5.49. The summed E-state index contributed by atoms with van der Waals surface area (Å²) in [5.41, 5.74) is 2.74. The number of hydrogen-bond acceptors (Lipinski definition) is 3. The van der Waals surface area contributed by atoms with Crippen LogP contribution in [0.15, 0.2) is 24.3 Å². The van der Waals surface area contributed by atoms with Crippen LogP contribution < -0.4 is 5.32 Å². The largest absolute Gasteiger partial charge is 0.348 e. The van der Waals surface area contributed by atoms with Gasteiger partial charge in [-0.1, -0.05) is 12.1 Å². The summed E-state index contributed by atoms with van der Waals surface area (Å²) in [6.07, 6.45) is 5.36. The maximum atomic E-state index is 13.8. The van der Waals surface area contributed by atoms with Gasteiger partial charge in [0.05, 0.1) is 5.56 Å². The molecule has 0 saturated carbocycles. The molecule has 7 heteroatoms. The van der Waals surface area contributed by atoms with Crippen LogP contribution in [0.4, 0.5) is 4.39 Å². The van der Waals surface area contributed by atoms with Gasteiger partial charge in [-0.2, -0.15) is 5.10 Å². The highest BCUT2D eigenvalue weighted by Gasteiger charge is 2.28. The highest BCUT2D eigenvalue weighted by molar-refractivity contribution is 5.95. The summed E-state index contributed by atoms with van der Waals surface area (Å²) in [7, 11) is 0.